The summed E-state index contributed by atoms with van der Waals surface area (Å²) >= 11 is 0. The van der Waals surface area contributed by atoms with Crippen LogP contribution in [0.4, 0.5) is 0 Å². The van der Waals surface area contributed by atoms with Crippen LogP contribution in [-0.2, 0) is 21.7 Å². The second-order valence-corrected chi connectivity index (χ2v) is 11.7. The van der Waals surface area contributed by atoms with Crippen LogP contribution in [0, 0.1) is 0 Å². The fourth-order valence-electron chi connectivity index (χ4n) is 4.05. The van der Waals surface area contributed by atoms with E-state index in [1.807, 2.05) is 0 Å². The first-order chi connectivity index (χ1) is 12.1. The van der Waals surface area contributed by atoms with Gasteiger partial charge in [-0.2, -0.15) is 0 Å². The lowest BCUT2D eigenvalue weighted by Crippen LogP contribution is -2.30. The molecule has 0 fully saturated rings. The van der Waals surface area contributed by atoms with E-state index in [1.54, 1.807) is 0 Å². The van der Waals surface area contributed by atoms with Gasteiger partial charge in [-0.3, -0.25) is 0 Å². The van der Waals surface area contributed by atoms with Gasteiger partial charge in [-0.15, -0.1) is 0 Å². The van der Waals surface area contributed by atoms with Gasteiger partial charge in [0.15, 0.2) is 0 Å². The normalized spacial score (nSPS) is 13.7. The first-order valence-corrected chi connectivity index (χ1v) is 10.3. The average molecular weight is 365 g/mol. The molecule has 27 heavy (non-hydrogen) atoms. The van der Waals surface area contributed by atoms with Crippen molar-refractivity contribution in [2.24, 2.45) is 0 Å². The Labute approximate surface area is 168 Å². The maximum absolute atomic E-state index is 2.37. The number of hydrogen-bond acceptors (Lipinski definition) is 0. The standard InChI is InChI=1S/C27H40/c1-24(2,3)19-15-17-20(18-16-19)27(10,11)22-14-12-13-21(25(4,5)6)23(22)26(7,8)9/h12-18H,1-11H3. The summed E-state index contributed by atoms with van der Waals surface area (Å²) in [6.07, 6.45) is 0. The van der Waals surface area contributed by atoms with Crippen molar-refractivity contribution in [3.63, 3.8) is 0 Å². The van der Waals surface area contributed by atoms with E-state index < -0.39 is 0 Å². The van der Waals surface area contributed by atoms with Crippen LogP contribution >= 0.6 is 0 Å². The fourth-order valence-corrected chi connectivity index (χ4v) is 4.05. The molecule has 2 aromatic rings. The third-order valence-corrected chi connectivity index (χ3v) is 5.77. The summed E-state index contributed by atoms with van der Waals surface area (Å²) < 4.78 is 0. The molecule has 0 heterocycles. The molecule has 0 aliphatic heterocycles. The van der Waals surface area contributed by atoms with Gasteiger partial charge >= 0.3 is 0 Å². The smallest absolute Gasteiger partial charge is 0.0149 e. The van der Waals surface area contributed by atoms with Crippen molar-refractivity contribution in [3.8, 4) is 0 Å². The third kappa shape index (κ3) is 4.48. The van der Waals surface area contributed by atoms with Crippen LogP contribution in [0.2, 0.25) is 0 Å². The first kappa shape index (κ1) is 21.7. The monoisotopic (exact) mass is 364 g/mol. The van der Waals surface area contributed by atoms with Crippen molar-refractivity contribution in [1.82, 2.24) is 0 Å². The highest BCUT2D eigenvalue weighted by Crippen LogP contribution is 2.43. The van der Waals surface area contributed by atoms with Gasteiger partial charge in [0, 0.05) is 5.41 Å². The molecule has 0 radical (unpaired) electrons. The maximum Gasteiger partial charge on any atom is 0.0149 e. The van der Waals surface area contributed by atoms with Crippen molar-refractivity contribution in [3.05, 3.63) is 70.3 Å². The molecule has 0 aromatic heterocycles. The fraction of sp³-hybridized carbons (Fsp3) is 0.556. The number of benzene rings is 2. The highest BCUT2D eigenvalue weighted by molar-refractivity contribution is 5.51. The Bertz CT molecular complexity index is 782. The van der Waals surface area contributed by atoms with Crippen molar-refractivity contribution in [1.29, 1.82) is 0 Å². The second kappa shape index (κ2) is 6.80. The molecule has 0 saturated heterocycles. The van der Waals surface area contributed by atoms with Gasteiger partial charge in [-0.25, -0.2) is 0 Å². The first-order valence-electron chi connectivity index (χ1n) is 10.3. The average Bonchev–Trinajstić information content (AvgIpc) is 2.52. The molecule has 0 aliphatic carbocycles. The zero-order chi connectivity index (χ0) is 20.8. The van der Waals surface area contributed by atoms with Gasteiger partial charge in [0.05, 0.1) is 0 Å². The Morgan fingerprint density at radius 2 is 0.889 bits per heavy atom. The van der Waals surface area contributed by atoms with E-state index in [-0.39, 0.29) is 21.7 Å². The summed E-state index contributed by atoms with van der Waals surface area (Å²) in [5.74, 6) is 0. The Hall–Kier alpha value is -1.56. The predicted molar refractivity (Wildman–Crippen MR) is 121 cm³/mol. The molecule has 2 aromatic carbocycles. The van der Waals surface area contributed by atoms with Crippen LogP contribution in [0.5, 0.6) is 0 Å². The molecule has 0 unspecified atom stereocenters. The van der Waals surface area contributed by atoms with E-state index in [1.165, 1.54) is 27.8 Å². The Morgan fingerprint density at radius 3 is 1.30 bits per heavy atom. The summed E-state index contributed by atoms with van der Waals surface area (Å²) in [5.41, 5.74) is 7.56. The zero-order valence-corrected chi connectivity index (χ0v) is 19.5. The van der Waals surface area contributed by atoms with E-state index in [0.717, 1.165) is 0 Å². The van der Waals surface area contributed by atoms with E-state index in [9.17, 15) is 0 Å². The molecule has 0 aliphatic rings. The number of hydrogen-bond donors (Lipinski definition) is 0. The molecule has 0 atom stereocenters. The molecule has 0 nitrogen and oxygen atoms in total. The molecule has 0 spiro atoms. The van der Waals surface area contributed by atoms with Crippen molar-refractivity contribution < 1.29 is 0 Å². The summed E-state index contributed by atoms with van der Waals surface area (Å²) in [4.78, 5) is 0. The van der Waals surface area contributed by atoms with Gasteiger partial charge in [0.2, 0.25) is 0 Å². The molecule has 148 valence electrons. The van der Waals surface area contributed by atoms with E-state index in [0.29, 0.717) is 0 Å². The lowest BCUT2D eigenvalue weighted by atomic mass is 9.66. The van der Waals surface area contributed by atoms with Crippen molar-refractivity contribution in [2.45, 2.75) is 97.8 Å². The lowest BCUT2D eigenvalue weighted by molar-refractivity contribution is 0.507. The van der Waals surface area contributed by atoms with Crippen LogP contribution in [0.1, 0.15) is 104 Å². The van der Waals surface area contributed by atoms with Crippen LogP contribution in [0.15, 0.2) is 42.5 Å². The van der Waals surface area contributed by atoms with Crippen LogP contribution in [0.25, 0.3) is 0 Å². The predicted octanol–water partition coefficient (Wildman–Crippen LogP) is 7.91. The molecular weight excluding hydrogens is 324 g/mol. The Kier molecular flexibility index (Phi) is 5.47. The molecule has 0 N–H and O–H groups in total. The quantitative estimate of drug-likeness (QED) is 0.508. The Balaban J connectivity index is 2.69. The van der Waals surface area contributed by atoms with Gasteiger partial charge in [0.25, 0.3) is 0 Å². The molecule has 0 heteroatoms. The zero-order valence-electron chi connectivity index (χ0n) is 19.5. The highest BCUT2D eigenvalue weighted by atomic mass is 14.4. The van der Waals surface area contributed by atoms with Crippen LogP contribution in [0.3, 0.4) is 0 Å². The van der Waals surface area contributed by atoms with Crippen molar-refractivity contribution >= 4 is 0 Å². The molecular formula is C27H40. The minimum atomic E-state index is -0.0414. The minimum Gasteiger partial charge on any atom is -0.0616 e. The largest absolute Gasteiger partial charge is 0.0616 e. The van der Waals surface area contributed by atoms with E-state index >= 15 is 0 Å². The summed E-state index contributed by atoms with van der Waals surface area (Å²) in [6, 6.07) is 16.2. The van der Waals surface area contributed by atoms with Crippen molar-refractivity contribution in [2.75, 3.05) is 0 Å². The summed E-state index contributed by atoms with van der Waals surface area (Å²) in [7, 11) is 0. The highest BCUT2D eigenvalue weighted by Gasteiger charge is 2.34. The Morgan fingerprint density at radius 1 is 0.444 bits per heavy atom. The number of rotatable bonds is 2. The molecule has 0 saturated carbocycles. The minimum absolute atomic E-state index is 0.0414. The van der Waals surface area contributed by atoms with Gasteiger partial charge < -0.3 is 0 Å². The maximum atomic E-state index is 2.37. The second-order valence-electron chi connectivity index (χ2n) is 11.7. The SMILES string of the molecule is CC(C)(C)c1ccc(C(C)(C)c2cccc(C(C)(C)C)c2C(C)(C)C)cc1. The topological polar surface area (TPSA) is 0 Å². The van der Waals surface area contributed by atoms with Crippen LogP contribution in [-0.4, -0.2) is 0 Å². The molecule has 2 rings (SSSR count). The summed E-state index contributed by atoms with van der Waals surface area (Å²) in [6.45, 7) is 25.6. The van der Waals surface area contributed by atoms with Gasteiger partial charge in [-0.1, -0.05) is 119 Å². The molecule has 0 amide bonds. The van der Waals surface area contributed by atoms with Gasteiger partial charge in [-0.05, 0) is 44.1 Å². The van der Waals surface area contributed by atoms with Crippen LogP contribution < -0.4 is 0 Å². The lowest BCUT2D eigenvalue weighted by Gasteiger charge is -2.38. The molecule has 0 bridgehead atoms. The van der Waals surface area contributed by atoms with E-state index in [4.69, 9.17) is 0 Å². The third-order valence-electron chi connectivity index (χ3n) is 5.77. The van der Waals surface area contributed by atoms with E-state index in [2.05, 4.69) is 119 Å². The summed E-state index contributed by atoms with van der Waals surface area (Å²) in [5, 5.41) is 0. The van der Waals surface area contributed by atoms with Gasteiger partial charge in [0.1, 0.15) is 0 Å².